The Balaban J connectivity index is 1.95. The summed E-state index contributed by atoms with van der Waals surface area (Å²) in [5, 5.41) is 2.68. The van der Waals surface area contributed by atoms with Crippen molar-refractivity contribution in [1.82, 2.24) is 9.62 Å². The Labute approximate surface area is 153 Å². The first kappa shape index (κ1) is 18.4. The second kappa shape index (κ2) is 7.47. The number of nitrogens with zero attached hydrogens (tertiary/aromatic N) is 1. The molecule has 0 radical (unpaired) electrons. The van der Waals surface area contributed by atoms with Gasteiger partial charge in [-0.1, -0.05) is 24.3 Å². The normalized spacial score (nSPS) is 14.5. The number of nitrogens with one attached hydrogen (secondary N) is 1. The molecule has 1 aliphatic heterocycles. The molecule has 1 N–H and O–H groups in total. The van der Waals surface area contributed by atoms with Crippen LogP contribution in [0.4, 0.5) is 0 Å². The maximum Gasteiger partial charge on any atom is 0.255 e. The molecule has 0 fully saturated rings. The lowest BCUT2D eigenvalue weighted by atomic mass is 10.0. The summed E-state index contributed by atoms with van der Waals surface area (Å²) in [6.45, 7) is 3.00. The van der Waals surface area contributed by atoms with E-state index in [0.29, 0.717) is 31.8 Å². The molecule has 1 amide bonds. The highest BCUT2D eigenvalue weighted by Gasteiger charge is 2.29. The Morgan fingerprint density at radius 2 is 1.92 bits per heavy atom. The van der Waals surface area contributed by atoms with Gasteiger partial charge >= 0.3 is 0 Å². The molecule has 0 saturated heterocycles. The molecule has 3 rings (SSSR count). The maximum atomic E-state index is 13.1. The molecule has 0 spiro atoms. The average molecular weight is 374 g/mol. The molecule has 2 aromatic carbocycles. The van der Waals surface area contributed by atoms with Crippen molar-refractivity contribution in [2.75, 3.05) is 20.2 Å². The van der Waals surface area contributed by atoms with Crippen molar-refractivity contribution in [2.24, 2.45) is 0 Å². The minimum absolute atomic E-state index is 0.0962. The predicted octanol–water partition coefficient (Wildman–Crippen LogP) is 2.19. The molecule has 26 heavy (non-hydrogen) atoms. The number of carbonyl (C=O) groups excluding carboxylic acids is 1. The van der Waals surface area contributed by atoms with Crippen LogP contribution in [0.3, 0.4) is 0 Å². The van der Waals surface area contributed by atoms with Crippen LogP contribution in [0.2, 0.25) is 0 Å². The lowest BCUT2D eigenvalue weighted by molar-refractivity contribution is 0.0952. The van der Waals surface area contributed by atoms with Crippen LogP contribution in [0, 0.1) is 0 Å². The molecule has 0 bridgehead atoms. The number of hydrogen-bond acceptors (Lipinski definition) is 4. The first-order chi connectivity index (χ1) is 12.5. The number of hydrogen-bond donors (Lipinski definition) is 1. The summed E-state index contributed by atoms with van der Waals surface area (Å²) in [7, 11) is -2.25. The number of methoxy groups -OCH3 is 1. The highest BCUT2D eigenvalue weighted by Crippen LogP contribution is 2.28. The van der Waals surface area contributed by atoms with Crippen molar-refractivity contribution in [3.05, 3.63) is 59.2 Å². The van der Waals surface area contributed by atoms with Gasteiger partial charge in [-0.3, -0.25) is 4.79 Å². The van der Waals surface area contributed by atoms with E-state index in [-0.39, 0.29) is 16.4 Å². The Morgan fingerprint density at radius 1 is 1.19 bits per heavy atom. The van der Waals surface area contributed by atoms with E-state index in [1.165, 1.54) is 35.2 Å². The summed E-state index contributed by atoms with van der Waals surface area (Å²) in [6, 6.07) is 12.2. The minimum atomic E-state index is -3.70. The fourth-order valence-electron chi connectivity index (χ4n) is 3.10. The van der Waals surface area contributed by atoms with Crippen molar-refractivity contribution in [1.29, 1.82) is 0 Å². The molecular formula is C19H22N2O4S. The van der Waals surface area contributed by atoms with E-state index in [9.17, 15) is 13.2 Å². The third-order valence-electron chi connectivity index (χ3n) is 4.49. The van der Waals surface area contributed by atoms with E-state index in [1.807, 2.05) is 24.3 Å². The standard InChI is InChI=1S/C19H22N2O4S/c1-3-20-19(22)17-12-16(8-9-18(17)25-2)26(23,24)21-11-10-14-6-4-5-7-15(14)13-21/h4-9,12H,3,10-11,13H2,1-2H3,(H,20,22). The van der Waals surface area contributed by atoms with E-state index in [0.717, 1.165) is 5.56 Å². The quantitative estimate of drug-likeness (QED) is 0.870. The van der Waals surface area contributed by atoms with Gasteiger partial charge < -0.3 is 10.1 Å². The van der Waals surface area contributed by atoms with Crippen LogP contribution in [0.1, 0.15) is 28.4 Å². The average Bonchev–Trinajstić information content (AvgIpc) is 2.67. The lowest BCUT2D eigenvalue weighted by Gasteiger charge is -2.28. The van der Waals surface area contributed by atoms with Crippen LogP contribution >= 0.6 is 0 Å². The maximum absolute atomic E-state index is 13.1. The van der Waals surface area contributed by atoms with Gasteiger partial charge in [0.2, 0.25) is 10.0 Å². The fourth-order valence-corrected chi connectivity index (χ4v) is 4.55. The summed E-state index contributed by atoms with van der Waals surface area (Å²) in [5.41, 5.74) is 2.41. The van der Waals surface area contributed by atoms with Crippen molar-refractivity contribution < 1.29 is 17.9 Å². The van der Waals surface area contributed by atoms with Gasteiger partial charge in [0.1, 0.15) is 5.75 Å². The Hall–Kier alpha value is -2.38. The zero-order chi connectivity index (χ0) is 18.7. The third-order valence-corrected chi connectivity index (χ3v) is 6.33. The monoisotopic (exact) mass is 374 g/mol. The molecule has 138 valence electrons. The topological polar surface area (TPSA) is 75.7 Å². The molecule has 2 aromatic rings. The highest BCUT2D eigenvalue weighted by atomic mass is 32.2. The molecule has 0 aliphatic carbocycles. The van der Waals surface area contributed by atoms with E-state index in [2.05, 4.69) is 5.32 Å². The molecule has 6 nitrogen and oxygen atoms in total. The zero-order valence-electron chi connectivity index (χ0n) is 14.9. The van der Waals surface area contributed by atoms with Gasteiger partial charge in [0.15, 0.2) is 0 Å². The first-order valence-electron chi connectivity index (χ1n) is 8.50. The number of fused-ring (bicyclic) bond motifs is 1. The first-order valence-corrected chi connectivity index (χ1v) is 9.94. The zero-order valence-corrected chi connectivity index (χ0v) is 15.7. The van der Waals surface area contributed by atoms with Gasteiger partial charge in [0.05, 0.1) is 17.6 Å². The number of amides is 1. The molecule has 1 aliphatic rings. The van der Waals surface area contributed by atoms with E-state index in [4.69, 9.17) is 4.74 Å². The largest absolute Gasteiger partial charge is 0.496 e. The number of sulfonamides is 1. The summed E-state index contributed by atoms with van der Waals surface area (Å²) in [6.07, 6.45) is 0.675. The van der Waals surface area contributed by atoms with E-state index < -0.39 is 10.0 Å². The van der Waals surface area contributed by atoms with E-state index in [1.54, 1.807) is 6.92 Å². The van der Waals surface area contributed by atoms with Crippen molar-refractivity contribution in [3.8, 4) is 5.75 Å². The van der Waals surface area contributed by atoms with Crippen molar-refractivity contribution in [2.45, 2.75) is 24.8 Å². The second-order valence-corrected chi connectivity index (χ2v) is 8.02. The number of benzene rings is 2. The molecule has 1 heterocycles. The molecular weight excluding hydrogens is 352 g/mol. The lowest BCUT2D eigenvalue weighted by Crippen LogP contribution is -2.36. The minimum Gasteiger partial charge on any atom is -0.496 e. The molecule has 7 heteroatoms. The van der Waals surface area contributed by atoms with Gasteiger partial charge in [0, 0.05) is 19.6 Å². The summed E-state index contributed by atoms with van der Waals surface area (Å²) >= 11 is 0. The van der Waals surface area contributed by atoms with Crippen LogP contribution in [0.5, 0.6) is 5.75 Å². The van der Waals surface area contributed by atoms with Crippen LogP contribution < -0.4 is 10.1 Å². The Bertz CT molecular complexity index is 925. The summed E-state index contributed by atoms with van der Waals surface area (Å²) in [5.74, 6) is -0.00993. The van der Waals surface area contributed by atoms with Gasteiger partial charge in [-0.05, 0) is 42.7 Å². The predicted molar refractivity (Wildman–Crippen MR) is 98.7 cm³/mol. The fraction of sp³-hybridized carbons (Fsp3) is 0.316. The van der Waals surface area contributed by atoms with Crippen LogP contribution in [0.25, 0.3) is 0 Å². The molecule has 0 aromatic heterocycles. The molecule has 0 saturated carbocycles. The SMILES string of the molecule is CCNC(=O)c1cc(S(=O)(=O)N2CCc3ccccc3C2)ccc1OC. The van der Waals surface area contributed by atoms with Crippen LogP contribution in [-0.2, 0) is 23.0 Å². The van der Waals surface area contributed by atoms with Gasteiger partial charge in [0.25, 0.3) is 5.91 Å². The highest BCUT2D eigenvalue weighted by molar-refractivity contribution is 7.89. The van der Waals surface area contributed by atoms with Crippen LogP contribution in [0.15, 0.2) is 47.4 Å². The smallest absolute Gasteiger partial charge is 0.255 e. The van der Waals surface area contributed by atoms with Crippen molar-refractivity contribution in [3.63, 3.8) is 0 Å². The summed E-state index contributed by atoms with van der Waals surface area (Å²) < 4.78 is 32.8. The Morgan fingerprint density at radius 3 is 2.62 bits per heavy atom. The second-order valence-electron chi connectivity index (χ2n) is 6.08. The number of ether oxygens (including phenoxy) is 1. The van der Waals surface area contributed by atoms with Crippen molar-refractivity contribution >= 4 is 15.9 Å². The third kappa shape index (κ3) is 3.45. The van der Waals surface area contributed by atoms with Gasteiger partial charge in [-0.2, -0.15) is 4.31 Å². The summed E-state index contributed by atoms with van der Waals surface area (Å²) in [4.78, 5) is 12.3. The molecule has 0 unspecified atom stereocenters. The molecule has 0 atom stereocenters. The van der Waals surface area contributed by atoms with Crippen LogP contribution in [-0.4, -0.2) is 38.8 Å². The Kier molecular flexibility index (Phi) is 5.29. The van der Waals surface area contributed by atoms with Gasteiger partial charge in [-0.25, -0.2) is 8.42 Å². The van der Waals surface area contributed by atoms with Gasteiger partial charge in [-0.15, -0.1) is 0 Å². The number of rotatable bonds is 5. The number of carbonyl (C=O) groups is 1. The van der Waals surface area contributed by atoms with E-state index >= 15 is 0 Å².